The molecule has 0 spiro atoms. The maximum Gasteiger partial charge on any atom is 0.154 e. The molecule has 0 N–H and O–H groups in total. The van der Waals surface area contributed by atoms with Gasteiger partial charge in [0.1, 0.15) is 10.2 Å². The SMILES string of the molecule is [B]C1(Br)C=Cc2ccccc2O1. The molecular weight excluding hydrogens is 215 g/mol. The molecule has 0 aromatic heterocycles. The Morgan fingerprint density at radius 2 is 2.08 bits per heavy atom. The zero-order valence-corrected chi connectivity index (χ0v) is 7.91. The van der Waals surface area contributed by atoms with E-state index in [-0.39, 0.29) is 0 Å². The van der Waals surface area contributed by atoms with Crippen LogP contribution >= 0.6 is 15.9 Å². The third kappa shape index (κ3) is 1.41. The van der Waals surface area contributed by atoms with Crippen LogP contribution in [0.25, 0.3) is 6.08 Å². The van der Waals surface area contributed by atoms with Crippen LogP contribution in [-0.4, -0.2) is 12.3 Å². The molecule has 0 amide bonds. The van der Waals surface area contributed by atoms with Gasteiger partial charge in [-0.1, -0.05) is 24.3 Å². The van der Waals surface area contributed by atoms with Crippen LogP contribution in [0.3, 0.4) is 0 Å². The monoisotopic (exact) mass is 220 g/mol. The van der Waals surface area contributed by atoms with Gasteiger partial charge < -0.3 is 4.74 Å². The molecule has 0 saturated heterocycles. The zero-order chi connectivity index (χ0) is 8.60. The highest BCUT2D eigenvalue weighted by atomic mass is 79.9. The molecule has 0 fully saturated rings. The standard InChI is InChI=1S/C9H6BBrO/c10-9(11)6-5-7-3-1-2-4-8(7)12-9/h1-6H. The highest BCUT2D eigenvalue weighted by molar-refractivity contribution is 9.10. The van der Waals surface area contributed by atoms with Gasteiger partial charge in [-0.2, -0.15) is 0 Å². The number of hydrogen-bond acceptors (Lipinski definition) is 1. The number of hydrogen-bond donors (Lipinski definition) is 0. The Kier molecular flexibility index (Phi) is 1.76. The Morgan fingerprint density at radius 3 is 2.92 bits per heavy atom. The van der Waals surface area contributed by atoms with Gasteiger partial charge in [-0.15, -0.1) is 0 Å². The van der Waals surface area contributed by atoms with E-state index in [0.29, 0.717) is 0 Å². The summed E-state index contributed by atoms with van der Waals surface area (Å²) in [6.07, 6.45) is 3.71. The Morgan fingerprint density at radius 1 is 1.33 bits per heavy atom. The number of benzene rings is 1. The van der Waals surface area contributed by atoms with Crippen molar-refractivity contribution in [2.24, 2.45) is 0 Å². The van der Waals surface area contributed by atoms with Gasteiger partial charge in [-0.05, 0) is 28.1 Å². The number of rotatable bonds is 0. The Hall–Kier alpha value is -0.695. The fourth-order valence-corrected chi connectivity index (χ4v) is 1.42. The lowest BCUT2D eigenvalue weighted by Gasteiger charge is -2.26. The first-order valence-corrected chi connectivity index (χ1v) is 4.42. The minimum absolute atomic E-state index is 0.805. The molecule has 1 aliphatic heterocycles. The van der Waals surface area contributed by atoms with Crippen molar-refractivity contribution in [3.63, 3.8) is 0 Å². The molecule has 12 heavy (non-hydrogen) atoms. The van der Waals surface area contributed by atoms with E-state index in [0.717, 1.165) is 11.3 Å². The van der Waals surface area contributed by atoms with Gasteiger partial charge in [0.2, 0.25) is 0 Å². The summed E-state index contributed by atoms with van der Waals surface area (Å²) in [5, 5.41) is 0. The second-order valence-corrected chi connectivity index (χ2v) is 3.91. The largest absolute Gasteiger partial charge is 0.482 e. The van der Waals surface area contributed by atoms with E-state index in [2.05, 4.69) is 15.9 Å². The van der Waals surface area contributed by atoms with E-state index in [1.807, 2.05) is 30.3 Å². The van der Waals surface area contributed by atoms with Crippen LogP contribution in [0.5, 0.6) is 5.75 Å². The molecule has 1 atom stereocenters. The fourth-order valence-electron chi connectivity index (χ4n) is 1.12. The highest BCUT2D eigenvalue weighted by Crippen LogP contribution is 2.31. The molecule has 2 rings (SSSR count). The van der Waals surface area contributed by atoms with Crippen LogP contribution in [0, 0.1) is 0 Å². The first-order valence-electron chi connectivity index (χ1n) is 3.62. The molecule has 0 bridgehead atoms. The summed E-state index contributed by atoms with van der Waals surface area (Å²) in [7, 11) is 5.70. The summed E-state index contributed by atoms with van der Waals surface area (Å²) in [6.45, 7) is 0. The molecule has 1 aromatic carbocycles. The lowest BCUT2D eigenvalue weighted by molar-refractivity contribution is 0.298. The molecule has 3 heteroatoms. The molecular formula is C9H6BBrO. The van der Waals surface area contributed by atoms with E-state index < -0.39 is 4.41 Å². The van der Waals surface area contributed by atoms with Crippen molar-refractivity contribution in [1.29, 1.82) is 0 Å². The zero-order valence-electron chi connectivity index (χ0n) is 6.33. The van der Waals surface area contributed by atoms with Crippen molar-refractivity contribution in [3.8, 4) is 5.75 Å². The first kappa shape index (κ1) is 7.93. The summed E-state index contributed by atoms with van der Waals surface area (Å²) >= 11 is 3.23. The fraction of sp³-hybridized carbons (Fsp3) is 0.111. The van der Waals surface area contributed by atoms with E-state index in [4.69, 9.17) is 12.6 Å². The van der Waals surface area contributed by atoms with Crippen molar-refractivity contribution < 1.29 is 4.74 Å². The van der Waals surface area contributed by atoms with E-state index in [1.54, 1.807) is 6.08 Å². The topological polar surface area (TPSA) is 9.23 Å². The normalized spacial score (nSPS) is 26.1. The van der Waals surface area contributed by atoms with E-state index >= 15 is 0 Å². The first-order chi connectivity index (χ1) is 5.67. The minimum atomic E-state index is -0.846. The van der Waals surface area contributed by atoms with Crippen molar-refractivity contribution in [1.82, 2.24) is 0 Å². The van der Waals surface area contributed by atoms with E-state index in [9.17, 15) is 0 Å². The molecule has 0 aliphatic carbocycles. The number of halogens is 1. The van der Waals surface area contributed by atoms with E-state index in [1.165, 1.54) is 0 Å². The van der Waals surface area contributed by atoms with Gasteiger partial charge in [-0.3, -0.25) is 0 Å². The maximum absolute atomic E-state index is 5.70. The molecule has 2 radical (unpaired) electrons. The molecule has 0 saturated carbocycles. The number of para-hydroxylation sites is 1. The summed E-state index contributed by atoms with van der Waals surface area (Å²) in [6, 6.07) is 7.75. The van der Waals surface area contributed by atoms with Gasteiger partial charge in [-0.25, -0.2) is 0 Å². The van der Waals surface area contributed by atoms with Crippen LogP contribution < -0.4 is 4.74 Å². The Bertz CT molecular complexity index is 333. The highest BCUT2D eigenvalue weighted by Gasteiger charge is 2.21. The Labute approximate surface area is 81.0 Å². The predicted octanol–water partition coefficient (Wildman–Crippen LogP) is 2.31. The second-order valence-electron chi connectivity index (χ2n) is 2.67. The lowest BCUT2D eigenvalue weighted by atomic mass is 9.96. The molecule has 1 unspecified atom stereocenters. The molecule has 58 valence electrons. The summed E-state index contributed by atoms with van der Waals surface area (Å²) in [5.41, 5.74) is 1.05. The van der Waals surface area contributed by atoms with Crippen molar-refractivity contribution >= 4 is 29.9 Å². The second kappa shape index (κ2) is 2.66. The Balaban J connectivity index is 2.46. The third-order valence-corrected chi connectivity index (χ3v) is 2.10. The summed E-state index contributed by atoms with van der Waals surface area (Å²) < 4.78 is 4.58. The van der Waals surface area contributed by atoms with Crippen molar-refractivity contribution in [3.05, 3.63) is 35.9 Å². The lowest BCUT2D eigenvalue weighted by Crippen LogP contribution is -2.28. The van der Waals surface area contributed by atoms with Gasteiger partial charge in [0.25, 0.3) is 0 Å². The predicted molar refractivity (Wildman–Crippen MR) is 53.5 cm³/mol. The minimum Gasteiger partial charge on any atom is -0.482 e. The molecule has 1 aliphatic rings. The van der Waals surface area contributed by atoms with Crippen molar-refractivity contribution in [2.75, 3.05) is 0 Å². The number of fused-ring (bicyclic) bond motifs is 1. The van der Waals surface area contributed by atoms with Crippen LogP contribution in [0.15, 0.2) is 30.3 Å². The molecule has 1 nitrogen and oxygen atoms in total. The third-order valence-electron chi connectivity index (χ3n) is 1.68. The average Bonchev–Trinajstić information content (AvgIpc) is 2.02. The molecule has 1 aromatic rings. The van der Waals surface area contributed by atoms with Crippen LogP contribution in [0.4, 0.5) is 0 Å². The van der Waals surface area contributed by atoms with Crippen molar-refractivity contribution in [2.45, 2.75) is 4.41 Å². The maximum atomic E-state index is 5.70. The number of ether oxygens (including phenoxy) is 1. The van der Waals surface area contributed by atoms with Gasteiger partial charge in [0, 0.05) is 5.56 Å². The van der Waals surface area contributed by atoms with Gasteiger partial charge >= 0.3 is 0 Å². The summed E-state index contributed by atoms with van der Waals surface area (Å²) in [5.74, 6) is 0.805. The van der Waals surface area contributed by atoms with Gasteiger partial charge in [0.15, 0.2) is 7.85 Å². The van der Waals surface area contributed by atoms with Crippen LogP contribution in [-0.2, 0) is 0 Å². The quantitative estimate of drug-likeness (QED) is 0.482. The van der Waals surface area contributed by atoms with Crippen LogP contribution in [0.1, 0.15) is 5.56 Å². The smallest absolute Gasteiger partial charge is 0.154 e. The van der Waals surface area contributed by atoms with Crippen LogP contribution in [0.2, 0.25) is 0 Å². The average molecular weight is 221 g/mol. The number of alkyl halides is 1. The summed E-state index contributed by atoms with van der Waals surface area (Å²) in [4.78, 5) is 0. The van der Waals surface area contributed by atoms with Gasteiger partial charge in [0.05, 0.1) is 0 Å². The molecule has 1 heterocycles.